The summed E-state index contributed by atoms with van der Waals surface area (Å²) < 4.78 is 169. The van der Waals surface area contributed by atoms with Gasteiger partial charge in [0.2, 0.25) is 0 Å². The molecule has 1 aromatic carbocycles. The Morgan fingerprint density at radius 1 is 0.556 bits per heavy atom. The van der Waals surface area contributed by atoms with Crippen LogP contribution >= 0.6 is 0 Å². The Kier molecular flexibility index (Phi) is 5.56. The molecule has 0 nitrogen and oxygen atoms in total. The van der Waals surface area contributed by atoms with Gasteiger partial charge in [-0.1, -0.05) is 31.2 Å². The summed E-state index contributed by atoms with van der Waals surface area (Å²) in [7, 11) is 0. The number of alkyl halides is 13. The van der Waals surface area contributed by atoms with Crippen LogP contribution in [0.2, 0.25) is 0 Å². The van der Waals surface area contributed by atoms with Crippen molar-refractivity contribution in [1.29, 1.82) is 0 Å². The van der Waals surface area contributed by atoms with Crippen molar-refractivity contribution in [3.63, 3.8) is 0 Å². The molecule has 0 saturated carbocycles. The molecular weight excluding hydrogens is 415 g/mol. The third kappa shape index (κ3) is 3.22. The number of benzene rings is 1. The molecule has 1 aromatic rings. The fourth-order valence-electron chi connectivity index (χ4n) is 1.84. The van der Waals surface area contributed by atoms with Crippen molar-refractivity contribution in [3.05, 3.63) is 41.8 Å². The molecule has 27 heavy (non-hydrogen) atoms. The average Bonchev–Trinajstić information content (AvgIpc) is 2.53. The first-order valence-electron chi connectivity index (χ1n) is 6.64. The summed E-state index contributed by atoms with van der Waals surface area (Å²) in [4.78, 5) is 0. The minimum Gasteiger partial charge on any atom is -0.194 e. The Balaban J connectivity index is 3.52. The molecule has 0 aliphatic rings. The number of rotatable bonds is 6. The summed E-state index contributed by atoms with van der Waals surface area (Å²) in [5.41, 5.74) is -1.89. The Bertz CT molecular complexity index is 655. The normalized spacial score (nSPS) is 15.2. The van der Waals surface area contributed by atoms with Crippen molar-refractivity contribution < 1.29 is 57.1 Å². The van der Waals surface area contributed by atoms with Gasteiger partial charge in [0.15, 0.2) is 0 Å². The van der Waals surface area contributed by atoms with Crippen LogP contribution in [0.5, 0.6) is 0 Å². The Labute approximate surface area is 143 Å². The lowest BCUT2D eigenvalue weighted by Gasteiger charge is -2.39. The van der Waals surface area contributed by atoms with Crippen LogP contribution in [-0.4, -0.2) is 29.9 Å². The molecule has 0 amide bonds. The average molecular weight is 423 g/mol. The zero-order valence-corrected chi connectivity index (χ0v) is 12.8. The minimum absolute atomic E-state index is 0.110. The van der Waals surface area contributed by atoms with E-state index in [2.05, 4.69) is 0 Å². The SMILES string of the molecule is C[CH]c1ccc(C(F)(F)C(F)(F)C(F)(F)C(F)(F)C(F)(F)C(F)(F)F)cc1. The van der Waals surface area contributed by atoms with E-state index in [0.29, 0.717) is 12.1 Å². The molecular formula is C14H8F13. The molecule has 13 heteroatoms. The van der Waals surface area contributed by atoms with Gasteiger partial charge in [-0.05, 0) is 12.0 Å². The van der Waals surface area contributed by atoms with E-state index >= 15 is 0 Å². The second-order valence-electron chi connectivity index (χ2n) is 5.28. The molecule has 0 aliphatic heterocycles. The summed E-state index contributed by atoms with van der Waals surface area (Å²) in [6.45, 7) is 1.36. The Morgan fingerprint density at radius 3 is 1.26 bits per heavy atom. The van der Waals surface area contributed by atoms with Crippen molar-refractivity contribution >= 4 is 0 Å². The molecule has 1 rings (SSSR count). The van der Waals surface area contributed by atoms with Crippen LogP contribution in [0.15, 0.2) is 24.3 Å². The second kappa shape index (κ2) is 6.43. The summed E-state index contributed by atoms with van der Waals surface area (Å²) in [6, 6.07) is 1.58. The first-order chi connectivity index (χ1) is 11.8. The second-order valence-corrected chi connectivity index (χ2v) is 5.28. The highest BCUT2D eigenvalue weighted by molar-refractivity contribution is 5.31. The Hall–Kier alpha value is -1.69. The van der Waals surface area contributed by atoms with E-state index in [9.17, 15) is 57.1 Å². The van der Waals surface area contributed by atoms with Crippen LogP contribution in [0.1, 0.15) is 18.1 Å². The summed E-state index contributed by atoms with van der Waals surface area (Å²) in [5.74, 6) is -36.9. The van der Waals surface area contributed by atoms with Gasteiger partial charge in [0.05, 0.1) is 0 Å². The lowest BCUT2D eigenvalue weighted by atomic mass is 9.90. The van der Waals surface area contributed by atoms with Crippen LogP contribution in [0, 0.1) is 6.42 Å². The van der Waals surface area contributed by atoms with E-state index in [1.165, 1.54) is 13.3 Å². The van der Waals surface area contributed by atoms with E-state index in [4.69, 9.17) is 0 Å². The van der Waals surface area contributed by atoms with Gasteiger partial charge in [-0.2, -0.15) is 57.1 Å². The van der Waals surface area contributed by atoms with Crippen molar-refractivity contribution in [2.45, 2.75) is 42.7 Å². The highest BCUT2D eigenvalue weighted by Gasteiger charge is 2.90. The highest BCUT2D eigenvalue weighted by Crippen LogP contribution is 2.61. The van der Waals surface area contributed by atoms with Crippen molar-refractivity contribution in [2.24, 2.45) is 0 Å². The number of hydrogen-bond donors (Lipinski definition) is 0. The van der Waals surface area contributed by atoms with E-state index < -0.39 is 41.4 Å². The fraction of sp³-hybridized carbons (Fsp3) is 0.500. The van der Waals surface area contributed by atoms with Crippen molar-refractivity contribution in [3.8, 4) is 0 Å². The van der Waals surface area contributed by atoms with Crippen LogP contribution in [-0.2, 0) is 5.92 Å². The van der Waals surface area contributed by atoms with E-state index in [0.717, 1.165) is 0 Å². The molecule has 155 valence electrons. The molecule has 0 aliphatic carbocycles. The molecule has 0 aromatic heterocycles. The summed E-state index contributed by atoms with van der Waals surface area (Å²) in [6.07, 6.45) is -6.17. The lowest BCUT2D eigenvalue weighted by Crippen LogP contribution is -2.69. The Morgan fingerprint density at radius 2 is 0.926 bits per heavy atom. The predicted octanol–water partition coefficient (Wildman–Crippen LogP) is 6.45. The smallest absolute Gasteiger partial charge is 0.194 e. The minimum atomic E-state index is -7.89. The van der Waals surface area contributed by atoms with Gasteiger partial charge in [-0.15, -0.1) is 0 Å². The molecule has 0 spiro atoms. The molecule has 1 radical (unpaired) electrons. The molecule has 0 heterocycles. The highest BCUT2D eigenvalue weighted by atomic mass is 19.4. The zero-order valence-electron chi connectivity index (χ0n) is 12.8. The van der Waals surface area contributed by atoms with Crippen LogP contribution < -0.4 is 0 Å². The molecule has 0 atom stereocenters. The van der Waals surface area contributed by atoms with Crippen LogP contribution in [0.4, 0.5) is 57.1 Å². The van der Waals surface area contributed by atoms with Gasteiger partial charge in [0.25, 0.3) is 0 Å². The molecule has 0 unspecified atom stereocenters. The van der Waals surface area contributed by atoms with Gasteiger partial charge in [0, 0.05) is 5.56 Å². The van der Waals surface area contributed by atoms with Gasteiger partial charge >= 0.3 is 35.8 Å². The maximum Gasteiger partial charge on any atom is 0.460 e. The molecule has 0 fully saturated rings. The van der Waals surface area contributed by atoms with Crippen molar-refractivity contribution in [1.82, 2.24) is 0 Å². The van der Waals surface area contributed by atoms with Gasteiger partial charge in [-0.25, -0.2) is 0 Å². The number of hydrogen-bond acceptors (Lipinski definition) is 0. The third-order valence-corrected chi connectivity index (χ3v) is 3.54. The lowest BCUT2D eigenvalue weighted by molar-refractivity contribution is -0.441. The van der Waals surface area contributed by atoms with E-state index in [1.54, 1.807) is 0 Å². The van der Waals surface area contributed by atoms with E-state index in [1.807, 2.05) is 0 Å². The quantitative estimate of drug-likeness (QED) is 0.461. The van der Waals surface area contributed by atoms with Crippen molar-refractivity contribution in [2.75, 3.05) is 0 Å². The third-order valence-electron chi connectivity index (χ3n) is 3.54. The number of halogens is 13. The summed E-state index contributed by atoms with van der Waals surface area (Å²) in [5, 5.41) is 0. The fourth-order valence-corrected chi connectivity index (χ4v) is 1.84. The van der Waals surface area contributed by atoms with E-state index in [-0.39, 0.29) is 17.7 Å². The van der Waals surface area contributed by atoms with Gasteiger partial charge < -0.3 is 0 Å². The first-order valence-corrected chi connectivity index (χ1v) is 6.64. The van der Waals surface area contributed by atoms with Gasteiger partial charge in [-0.3, -0.25) is 0 Å². The van der Waals surface area contributed by atoms with Crippen LogP contribution in [0.3, 0.4) is 0 Å². The largest absolute Gasteiger partial charge is 0.460 e. The molecule has 0 bridgehead atoms. The summed E-state index contributed by atoms with van der Waals surface area (Å²) >= 11 is 0. The topological polar surface area (TPSA) is 0 Å². The maximum absolute atomic E-state index is 13.8. The monoisotopic (exact) mass is 423 g/mol. The standard InChI is InChI=1S/C14H8F13/c1-2-7-3-5-8(6-4-7)9(15,16)10(17,18)11(19,20)12(21,22)13(23,24)14(25,26)27/h2-6H,1H3. The predicted molar refractivity (Wildman–Crippen MR) is 65.3 cm³/mol. The van der Waals surface area contributed by atoms with Gasteiger partial charge in [0.1, 0.15) is 0 Å². The maximum atomic E-state index is 13.8. The van der Waals surface area contributed by atoms with Crippen LogP contribution in [0.25, 0.3) is 0 Å². The zero-order chi connectivity index (χ0) is 21.7. The molecule has 0 saturated heterocycles. The molecule has 0 N–H and O–H groups in total. The first kappa shape index (κ1) is 23.3.